The highest BCUT2D eigenvalue weighted by Crippen LogP contribution is 2.70. The minimum absolute atomic E-state index is 0.00462. The van der Waals surface area contributed by atoms with E-state index in [1.807, 2.05) is 0 Å². The van der Waals surface area contributed by atoms with Gasteiger partial charge in [0.25, 0.3) is 0 Å². The van der Waals surface area contributed by atoms with Crippen LogP contribution in [0.2, 0.25) is 0 Å². The monoisotopic (exact) mass is 410 g/mol. The van der Waals surface area contributed by atoms with E-state index < -0.39 is 0 Å². The predicted octanol–water partition coefficient (Wildman–Crippen LogP) is 3.33. The predicted molar refractivity (Wildman–Crippen MR) is 115 cm³/mol. The molecule has 0 radical (unpaired) electrons. The van der Waals surface area contributed by atoms with Crippen LogP contribution in [0, 0.1) is 23.2 Å². The number of hydrogen-bond acceptors (Lipinski definition) is 5. The Balaban J connectivity index is 1.15. The molecular weight excluding hydrogens is 376 g/mol. The van der Waals surface area contributed by atoms with Crippen LogP contribution in [0.15, 0.2) is 30.3 Å². The number of esters is 1. The Morgan fingerprint density at radius 3 is 2.67 bits per heavy atom. The van der Waals surface area contributed by atoms with Crippen LogP contribution in [0.4, 0.5) is 5.69 Å². The van der Waals surface area contributed by atoms with Gasteiger partial charge in [0, 0.05) is 49.7 Å². The molecule has 2 saturated carbocycles. The fourth-order valence-corrected chi connectivity index (χ4v) is 7.55. The number of piperazine rings is 1. The first kappa shape index (κ1) is 19.1. The number of epoxide rings is 1. The van der Waals surface area contributed by atoms with Crippen LogP contribution in [-0.4, -0.2) is 61.4 Å². The van der Waals surface area contributed by atoms with Gasteiger partial charge in [0.1, 0.15) is 11.7 Å². The highest BCUT2D eigenvalue weighted by atomic mass is 16.6. The SMILES string of the molecule is C[C@H]1CCC[C@]2(C)C[C@H]3OC(=O)C(CN4CCN(c5ccccc5)CC4)[C@H]3[C@@H]3O[C@@]132. The van der Waals surface area contributed by atoms with Crippen LogP contribution < -0.4 is 4.90 Å². The van der Waals surface area contributed by atoms with E-state index in [0.29, 0.717) is 5.92 Å². The molecule has 6 rings (SSSR count). The molecule has 5 aliphatic rings. The largest absolute Gasteiger partial charge is 0.462 e. The Morgan fingerprint density at radius 1 is 1.13 bits per heavy atom. The van der Waals surface area contributed by atoms with Gasteiger partial charge in [-0.1, -0.05) is 38.5 Å². The lowest BCUT2D eigenvalue weighted by atomic mass is 9.53. The molecule has 3 heterocycles. The summed E-state index contributed by atoms with van der Waals surface area (Å²) in [5.41, 5.74) is 1.47. The average molecular weight is 411 g/mol. The maximum atomic E-state index is 12.9. The van der Waals surface area contributed by atoms with Gasteiger partial charge in [0.05, 0.1) is 12.0 Å². The molecule has 0 bridgehead atoms. The molecule has 5 heteroatoms. The zero-order chi connectivity index (χ0) is 20.5. The van der Waals surface area contributed by atoms with Crippen LogP contribution in [0.25, 0.3) is 0 Å². The van der Waals surface area contributed by atoms with Crippen molar-refractivity contribution in [2.75, 3.05) is 37.6 Å². The highest BCUT2D eigenvalue weighted by molar-refractivity contribution is 5.76. The van der Waals surface area contributed by atoms with Crippen LogP contribution in [-0.2, 0) is 14.3 Å². The first-order valence-electron chi connectivity index (χ1n) is 11.9. The van der Waals surface area contributed by atoms with Crippen LogP contribution in [0.5, 0.6) is 0 Å². The Bertz CT molecular complexity index is 823. The quantitative estimate of drug-likeness (QED) is 0.565. The van der Waals surface area contributed by atoms with Crippen molar-refractivity contribution < 1.29 is 14.3 Å². The first-order valence-corrected chi connectivity index (χ1v) is 11.9. The van der Waals surface area contributed by atoms with Gasteiger partial charge < -0.3 is 14.4 Å². The maximum absolute atomic E-state index is 12.9. The molecule has 0 aromatic heterocycles. The van der Waals surface area contributed by atoms with E-state index in [9.17, 15) is 4.79 Å². The van der Waals surface area contributed by atoms with E-state index in [0.717, 1.165) is 39.1 Å². The van der Waals surface area contributed by atoms with Crippen molar-refractivity contribution in [2.24, 2.45) is 23.2 Å². The molecule has 7 atom stereocenters. The normalized spacial score (nSPS) is 45.3. The third kappa shape index (κ3) is 2.64. The summed E-state index contributed by atoms with van der Waals surface area (Å²) in [6.45, 7) is 9.61. The zero-order valence-electron chi connectivity index (χ0n) is 18.3. The van der Waals surface area contributed by atoms with Gasteiger partial charge in [0.2, 0.25) is 0 Å². The summed E-state index contributed by atoms with van der Waals surface area (Å²) in [7, 11) is 0. The van der Waals surface area contributed by atoms with E-state index in [1.165, 1.54) is 24.9 Å². The number of para-hydroxylation sites is 1. The van der Waals surface area contributed by atoms with Crippen molar-refractivity contribution >= 4 is 11.7 Å². The van der Waals surface area contributed by atoms with Crippen molar-refractivity contribution in [3.8, 4) is 0 Å². The molecule has 1 spiro atoms. The number of fused-ring (bicyclic) bond motifs is 2. The lowest BCUT2D eigenvalue weighted by Crippen LogP contribution is -2.55. The van der Waals surface area contributed by atoms with Gasteiger partial charge in [-0.05, 0) is 37.3 Å². The Morgan fingerprint density at radius 2 is 1.90 bits per heavy atom. The molecule has 1 unspecified atom stereocenters. The molecule has 0 N–H and O–H groups in total. The molecule has 5 fully saturated rings. The van der Waals surface area contributed by atoms with Gasteiger partial charge in [-0.2, -0.15) is 0 Å². The minimum Gasteiger partial charge on any atom is -0.462 e. The molecule has 1 aromatic carbocycles. The number of rotatable bonds is 3. The van der Waals surface area contributed by atoms with Crippen LogP contribution in [0.3, 0.4) is 0 Å². The standard InChI is InChI=1S/C25H34N2O3/c1-17-7-6-10-24(2)15-20-21(22-25(17,24)30-22)19(23(28)29-20)16-26-11-13-27(14-12-26)18-8-4-3-5-9-18/h3-5,8-9,17,19-22H,6-7,10-16H2,1-2H3/t17-,19?,20+,21+,22-,24+,25-/m0/s1. The first-order chi connectivity index (χ1) is 14.5. The lowest BCUT2D eigenvalue weighted by molar-refractivity contribution is -0.146. The van der Waals surface area contributed by atoms with Crippen molar-refractivity contribution in [1.82, 2.24) is 4.90 Å². The lowest BCUT2D eigenvalue weighted by Gasteiger charge is -2.49. The molecule has 3 saturated heterocycles. The van der Waals surface area contributed by atoms with E-state index in [4.69, 9.17) is 9.47 Å². The third-order valence-electron chi connectivity index (χ3n) is 9.14. The molecule has 3 aliphatic heterocycles. The Kier molecular flexibility index (Phi) is 4.27. The molecule has 5 nitrogen and oxygen atoms in total. The number of anilines is 1. The number of nitrogens with zero attached hydrogens (tertiary/aromatic N) is 2. The molecule has 2 aliphatic carbocycles. The fourth-order valence-electron chi connectivity index (χ4n) is 7.55. The van der Waals surface area contributed by atoms with Crippen molar-refractivity contribution in [3.63, 3.8) is 0 Å². The minimum atomic E-state index is -0.0265. The summed E-state index contributed by atoms with van der Waals surface area (Å²) in [6, 6.07) is 10.6. The van der Waals surface area contributed by atoms with Gasteiger partial charge in [-0.3, -0.25) is 9.69 Å². The van der Waals surface area contributed by atoms with E-state index in [1.54, 1.807) is 0 Å². The Labute approximate surface area is 179 Å². The second-order valence-corrected chi connectivity index (χ2v) is 10.7. The molecule has 0 amide bonds. The Hall–Kier alpha value is -1.59. The number of ether oxygens (including phenoxy) is 2. The average Bonchev–Trinajstić information content (AvgIpc) is 3.44. The van der Waals surface area contributed by atoms with Crippen molar-refractivity contribution in [1.29, 1.82) is 0 Å². The second-order valence-electron chi connectivity index (χ2n) is 10.7. The molecule has 162 valence electrons. The van der Waals surface area contributed by atoms with Gasteiger partial charge >= 0.3 is 5.97 Å². The van der Waals surface area contributed by atoms with Crippen LogP contribution >= 0.6 is 0 Å². The van der Waals surface area contributed by atoms with Crippen molar-refractivity contribution in [3.05, 3.63) is 30.3 Å². The zero-order valence-corrected chi connectivity index (χ0v) is 18.3. The maximum Gasteiger partial charge on any atom is 0.311 e. The van der Waals surface area contributed by atoms with Crippen molar-refractivity contribution in [2.45, 2.75) is 57.3 Å². The number of carbonyl (C=O) groups excluding carboxylic acids is 1. The van der Waals surface area contributed by atoms with E-state index in [-0.39, 0.29) is 41.0 Å². The number of carbonyl (C=O) groups is 1. The van der Waals surface area contributed by atoms with E-state index >= 15 is 0 Å². The summed E-state index contributed by atoms with van der Waals surface area (Å²) in [5, 5.41) is 0. The van der Waals surface area contributed by atoms with Crippen LogP contribution in [0.1, 0.15) is 39.5 Å². The fraction of sp³-hybridized carbons (Fsp3) is 0.720. The number of benzene rings is 1. The summed E-state index contributed by atoms with van der Waals surface area (Å²) >= 11 is 0. The van der Waals surface area contributed by atoms with Gasteiger partial charge in [-0.25, -0.2) is 0 Å². The van der Waals surface area contributed by atoms with Gasteiger partial charge in [-0.15, -0.1) is 0 Å². The summed E-state index contributed by atoms with van der Waals surface area (Å²) in [5.74, 6) is 0.837. The number of hydrogen-bond donors (Lipinski definition) is 0. The summed E-state index contributed by atoms with van der Waals surface area (Å²) in [6.07, 6.45) is 5.01. The third-order valence-corrected chi connectivity index (χ3v) is 9.14. The summed E-state index contributed by atoms with van der Waals surface area (Å²) in [4.78, 5) is 17.9. The summed E-state index contributed by atoms with van der Waals surface area (Å²) < 4.78 is 12.6. The molecule has 1 aromatic rings. The second kappa shape index (κ2) is 6.70. The molecular formula is C25H34N2O3. The smallest absolute Gasteiger partial charge is 0.311 e. The highest BCUT2D eigenvalue weighted by Gasteiger charge is 2.78. The van der Waals surface area contributed by atoms with E-state index in [2.05, 4.69) is 54.0 Å². The van der Waals surface area contributed by atoms with Gasteiger partial charge in [0.15, 0.2) is 0 Å². The topological polar surface area (TPSA) is 45.3 Å². The molecule has 30 heavy (non-hydrogen) atoms.